The molecule has 16 heavy (non-hydrogen) atoms. The van der Waals surface area contributed by atoms with E-state index in [1.54, 1.807) is 11.3 Å². The smallest absolute Gasteiger partial charge is 0.304 e. The van der Waals surface area contributed by atoms with Crippen molar-refractivity contribution in [3.8, 4) is 0 Å². The third kappa shape index (κ3) is 3.59. The Kier molecular flexibility index (Phi) is 4.08. The van der Waals surface area contributed by atoms with E-state index in [4.69, 9.17) is 5.11 Å². The first-order valence-electron chi connectivity index (χ1n) is 5.48. The van der Waals surface area contributed by atoms with Gasteiger partial charge in [0.25, 0.3) is 0 Å². The number of carbonyl (C=O) groups is 1. The highest BCUT2D eigenvalue weighted by atomic mass is 32.1. The Morgan fingerprint density at radius 2 is 2.19 bits per heavy atom. The average Bonchev–Trinajstić information content (AvgIpc) is 2.49. The minimum absolute atomic E-state index is 0.127. The first-order valence-corrected chi connectivity index (χ1v) is 6.36. The first kappa shape index (κ1) is 13.2. The third-order valence-corrected chi connectivity index (χ3v) is 3.60. The molecular formula is C12H19NO2S. The number of nitrogens with zero attached hydrogens (tertiary/aromatic N) is 1. The Morgan fingerprint density at radius 3 is 2.69 bits per heavy atom. The van der Waals surface area contributed by atoms with Crippen LogP contribution in [0.15, 0.2) is 5.38 Å². The molecule has 0 bridgehead atoms. The van der Waals surface area contributed by atoms with Crippen LogP contribution in [0, 0.1) is 5.92 Å². The van der Waals surface area contributed by atoms with Crippen molar-refractivity contribution in [1.29, 1.82) is 0 Å². The van der Waals surface area contributed by atoms with Crippen LogP contribution in [0.25, 0.3) is 0 Å². The molecular weight excluding hydrogens is 222 g/mol. The Morgan fingerprint density at radius 1 is 1.56 bits per heavy atom. The Balaban J connectivity index is 2.80. The van der Waals surface area contributed by atoms with Crippen LogP contribution in [-0.4, -0.2) is 16.1 Å². The molecule has 0 saturated carbocycles. The van der Waals surface area contributed by atoms with Gasteiger partial charge in [-0.3, -0.25) is 4.79 Å². The van der Waals surface area contributed by atoms with Crippen molar-refractivity contribution < 1.29 is 9.90 Å². The van der Waals surface area contributed by atoms with Gasteiger partial charge in [-0.15, -0.1) is 11.3 Å². The van der Waals surface area contributed by atoms with Crippen molar-refractivity contribution in [2.45, 2.75) is 46.0 Å². The zero-order chi connectivity index (χ0) is 12.3. The largest absolute Gasteiger partial charge is 0.481 e. The van der Waals surface area contributed by atoms with Crippen LogP contribution in [0.4, 0.5) is 0 Å². The fourth-order valence-corrected chi connectivity index (χ4v) is 2.54. The van der Waals surface area contributed by atoms with Gasteiger partial charge in [0.05, 0.1) is 17.1 Å². The lowest BCUT2D eigenvalue weighted by Gasteiger charge is -2.18. The summed E-state index contributed by atoms with van der Waals surface area (Å²) in [5, 5.41) is 11.8. The molecule has 0 atom stereocenters. The summed E-state index contributed by atoms with van der Waals surface area (Å²) in [6.45, 7) is 8.17. The molecule has 0 aromatic carbocycles. The van der Waals surface area contributed by atoms with Gasteiger partial charge in [-0.05, 0) is 12.3 Å². The zero-order valence-corrected chi connectivity index (χ0v) is 11.1. The van der Waals surface area contributed by atoms with Crippen LogP contribution in [0.1, 0.15) is 44.8 Å². The number of aliphatic carboxylic acids is 1. The van der Waals surface area contributed by atoms with Gasteiger partial charge in [-0.1, -0.05) is 27.7 Å². The van der Waals surface area contributed by atoms with Crippen molar-refractivity contribution in [3.63, 3.8) is 0 Å². The van der Waals surface area contributed by atoms with E-state index in [0.29, 0.717) is 5.92 Å². The summed E-state index contributed by atoms with van der Waals surface area (Å²) in [5.74, 6) is -0.192. The molecule has 1 rings (SSSR count). The van der Waals surface area contributed by atoms with Gasteiger partial charge in [-0.2, -0.15) is 0 Å². The van der Waals surface area contributed by atoms with Crippen LogP contribution in [0.3, 0.4) is 0 Å². The summed E-state index contributed by atoms with van der Waals surface area (Å²) < 4.78 is 0. The van der Waals surface area contributed by atoms with Crippen LogP contribution >= 0.6 is 11.3 Å². The number of carboxylic acid groups (broad SMARTS) is 1. The number of thiazole rings is 1. The molecule has 3 nitrogen and oxygen atoms in total. The van der Waals surface area contributed by atoms with E-state index in [9.17, 15) is 4.79 Å². The molecule has 1 aromatic heterocycles. The molecule has 0 unspecified atom stereocenters. The van der Waals surface area contributed by atoms with Gasteiger partial charge >= 0.3 is 5.97 Å². The SMILES string of the molecule is CC(C)Cc1csc(C(C)(C)CC(=O)O)n1. The second-order valence-electron chi connectivity index (χ2n) is 5.20. The topological polar surface area (TPSA) is 50.2 Å². The van der Waals surface area contributed by atoms with Crippen LogP contribution < -0.4 is 0 Å². The maximum absolute atomic E-state index is 10.7. The third-order valence-electron chi connectivity index (χ3n) is 2.34. The predicted molar refractivity (Wildman–Crippen MR) is 65.9 cm³/mol. The van der Waals surface area contributed by atoms with E-state index < -0.39 is 5.97 Å². The van der Waals surface area contributed by atoms with Gasteiger partial charge in [0, 0.05) is 10.8 Å². The Bertz CT molecular complexity index is 369. The Labute approximate surface area is 101 Å². The average molecular weight is 241 g/mol. The number of aromatic nitrogens is 1. The standard InChI is InChI=1S/C12H19NO2S/c1-8(2)5-9-7-16-11(13-9)12(3,4)6-10(14)15/h7-8H,5-6H2,1-4H3,(H,14,15). The highest BCUT2D eigenvalue weighted by molar-refractivity contribution is 7.09. The molecule has 0 amide bonds. The lowest BCUT2D eigenvalue weighted by atomic mass is 9.90. The summed E-state index contributed by atoms with van der Waals surface area (Å²) in [5.41, 5.74) is 0.708. The van der Waals surface area contributed by atoms with Gasteiger partial charge in [-0.25, -0.2) is 4.98 Å². The van der Waals surface area contributed by atoms with Gasteiger partial charge < -0.3 is 5.11 Å². The molecule has 0 aliphatic carbocycles. The fraction of sp³-hybridized carbons (Fsp3) is 0.667. The molecule has 1 N–H and O–H groups in total. The van der Waals surface area contributed by atoms with Crippen molar-refractivity contribution >= 4 is 17.3 Å². The predicted octanol–water partition coefficient (Wildman–Crippen LogP) is 3.09. The molecule has 0 radical (unpaired) electrons. The van der Waals surface area contributed by atoms with Crippen molar-refractivity contribution in [1.82, 2.24) is 4.98 Å². The quantitative estimate of drug-likeness (QED) is 0.861. The van der Waals surface area contributed by atoms with E-state index in [1.165, 1.54) is 0 Å². The number of carboxylic acids is 1. The van der Waals surface area contributed by atoms with E-state index in [1.807, 2.05) is 19.2 Å². The minimum atomic E-state index is -0.773. The summed E-state index contributed by atoms with van der Waals surface area (Å²) in [6.07, 6.45) is 1.08. The monoisotopic (exact) mass is 241 g/mol. The molecule has 0 fully saturated rings. The fourth-order valence-electron chi connectivity index (χ4n) is 1.58. The molecule has 0 saturated heterocycles. The number of hydrogen-bond donors (Lipinski definition) is 1. The first-order chi connectivity index (χ1) is 7.31. The molecule has 0 aliphatic rings. The van der Waals surface area contributed by atoms with E-state index in [0.717, 1.165) is 17.1 Å². The second-order valence-corrected chi connectivity index (χ2v) is 6.05. The van der Waals surface area contributed by atoms with Gasteiger partial charge in [0.1, 0.15) is 0 Å². The van der Waals surface area contributed by atoms with E-state index in [2.05, 4.69) is 18.8 Å². The maximum Gasteiger partial charge on any atom is 0.304 e. The zero-order valence-electron chi connectivity index (χ0n) is 10.3. The normalized spacial score (nSPS) is 12.1. The molecule has 4 heteroatoms. The van der Waals surface area contributed by atoms with Crippen molar-refractivity contribution in [3.05, 3.63) is 16.1 Å². The van der Waals surface area contributed by atoms with Crippen molar-refractivity contribution in [2.75, 3.05) is 0 Å². The second kappa shape index (κ2) is 4.95. The van der Waals surface area contributed by atoms with Crippen LogP contribution in [0.2, 0.25) is 0 Å². The summed E-state index contributed by atoms with van der Waals surface area (Å²) in [4.78, 5) is 15.3. The number of rotatable bonds is 5. The number of hydrogen-bond acceptors (Lipinski definition) is 3. The maximum atomic E-state index is 10.7. The Hall–Kier alpha value is -0.900. The van der Waals surface area contributed by atoms with E-state index >= 15 is 0 Å². The molecule has 90 valence electrons. The highest BCUT2D eigenvalue weighted by Gasteiger charge is 2.27. The molecule has 1 heterocycles. The summed E-state index contributed by atoms with van der Waals surface area (Å²) in [7, 11) is 0. The lowest BCUT2D eigenvalue weighted by molar-refractivity contribution is -0.138. The minimum Gasteiger partial charge on any atom is -0.481 e. The molecule has 0 spiro atoms. The van der Waals surface area contributed by atoms with Crippen LogP contribution in [-0.2, 0) is 16.6 Å². The van der Waals surface area contributed by atoms with E-state index in [-0.39, 0.29) is 11.8 Å². The summed E-state index contributed by atoms with van der Waals surface area (Å²) in [6, 6.07) is 0. The van der Waals surface area contributed by atoms with Gasteiger partial charge in [0.2, 0.25) is 0 Å². The molecule has 1 aromatic rings. The van der Waals surface area contributed by atoms with Gasteiger partial charge in [0.15, 0.2) is 0 Å². The van der Waals surface area contributed by atoms with Crippen LogP contribution in [0.5, 0.6) is 0 Å². The molecule has 0 aliphatic heterocycles. The summed E-state index contributed by atoms with van der Waals surface area (Å²) >= 11 is 1.57. The lowest BCUT2D eigenvalue weighted by Crippen LogP contribution is -2.21. The van der Waals surface area contributed by atoms with Crippen molar-refractivity contribution in [2.24, 2.45) is 5.92 Å². The highest BCUT2D eigenvalue weighted by Crippen LogP contribution is 2.30.